The normalized spacial score (nSPS) is 23.8. The molecular formula is C23H29N. The van der Waals surface area contributed by atoms with Gasteiger partial charge in [0.1, 0.15) is 0 Å². The summed E-state index contributed by atoms with van der Waals surface area (Å²) in [5, 5.41) is 0. The zero-order valence-corrected chi connectivity index (χ0v) is 14.6. The van der Waals surface area contributed by atoms with Crippen molar-refractivity contribution in [1.29, 1.82) is 0 Å². The van der Waals surface area contributed by atoms with Crippen LogP contribution >= 0.6 is 0 Å². The van der Waals surface area contributed by atoms with Gasteiger partial charge in [-0.3, -0.25) is 4.90 Å². The van der Waals surface area contributed by atoms with Crippen molar-refractivity contribution in [2.75, 3.05) is 13.1 Å². The van der Waals surface area contributed by atoms with Gasteiger partial charge in [-0.2, -0.15) is 0 Å². The van der Waals surface area contributed by atoms with Gasteiger partial charge in [0.25, 0.3) is 0 Å². The van der Waals surface area contributed by atoms with Crippen LogP contribution < -0.4 is 0 Å². The maximum absolute atomic E-state index is 4.18. The van der Waals surface area contributed by atoms with E-state index < -0.39 is 0 Å². The number of likely N-dealkylation sites (tertiary alicyclic amines) is 1. The molecule has 1 saturated heterocycles. The fourth-order valence-electron chi connectivity index (χ4n) is 3.98. The molecule has 2 fully saturated rings. The van der Waals surface area contributed by atoms with E-state index in [1.54, 1.807) is 0 Å². The third-order valence-electron chi connectivity index (χ3n) is 5.31. The SMILES string of the molecule is C=C1CCC2CN(Cc3ccccc3)CCC2C1.c1ccccc1. The molecule has 0 aromatic heterocycles. The van der Waals surface area contributed by atoms with E-state index in [-0.39, 0.29) is 0 Å². The maximum Gasteiger partial charge on any atom is 0.0233 e. The van der Waals surface area contributed by atoms with E-state index in [0.29, 0.717) is 0 Å². The molecule has 1 saturated carbocycles. The summed E-state index contributed by atoms with van der Waals surface area (Å²) in [4.78, 5) is 2.64. The largest absolute Gasteiger partial charge is 0.299 e. The smallest absolute Gasteiger partial charge is 0.0233 e. The van der Waals surface area contributed by atoms with Gasteiger partial charge in [0.2, 0.25) is 0 Å². The molecule has 2 aliphatic rings. The van der Waals surface area contributed by atoms with Crippen molar-refractivity contribution >= 4 is 0 Å². The summed E-state index contributed by atoms with van der Waals surface area (Å²) in [6, 6.07) is 22.9. The van der Waals surface area contributed by atoms with E-state index in [9.17, 15) is 0 Å². The van der Waals surface area contributed by atoms with Gasteiger partial charge in [-0.25, -0.2) is 0 Å². The van der Waals surface area contributed by atoms with Crippen molar-refractivity contribution in [2.45, 2.75) is 32.2 Å². The fraction of sp³-hybridized carbons (Fsp3) is 0.391. The standard InChI is InChI=1S/C17H23N.C6H6/c1-14-7-8-17-13-18(10-9-16(17)11-14)12-15-5-3-2-4-6-15;1-2-4-6-5-3-1/h2-6,16-17H,1,7-13H2;1-6H. The van der Waals surface area contributed by atoms with Gasteiger partial charge in [0, 0.05) is 13.1 Å². The number of fused-ring (bicyclic) bond motifs is 1. The summed E-state index contributed by atoms with van der Waals surface area (Å²) < 4.78 is 0. The lowest BCUT2D eigenvalue weighted by atomic mass is 9.73. The van der Waals surface area contributed by atoms with Gasteiger partial charge in [-0.1, -0.05) is 78.9 Å². The molecule has 1 aliphatic heterocycles. The molecule has 1 heterocycles. The fourth-order valence-corrected chi connectivity index (χ4v) is 3.98. The van der Waals surface area contributed by atoms with Crippen molar-refractivity contribution in [3.05, 3.63) is 84.4 Å². The molecule has 2 aromatic carbocycles. The second-order valence-electron chi connectivity index (χ2n) is 7.18. The first-order valence-corrected chi connectivity index (χ1v) is 9.24. The number of nitrogens with zero attached hydrogens (tertiary/aromatic N) is 1. The van der Waals surface area contributed by atoms with Crippen LogP contribution in [0.2, 0.25) is 0 Å². The zero-order valence-electron chi connectivity index (χ0n) is 14.6. The average Bonchev–Trinajstić information content (AvgIpc) is 2.65. The van der Waals surface area contributed by atoms with Crippen LogP contribution in [-0.4, -0.2) is 18.0 Å². The molecule has 0 bridgehead atoms. The van der Waals surface area contributed by atoms with Crippen molar-refractivity contribution in [1.82, 2.24) is 4.90 Å². The molecule has 1 aliphatic carbocycles. The highest BCUT2D eigenvalue weighted by molar-refractivity contribution is 5.14. The Bertz CT molecular complexity index is 578. The average molecular weight is 319 g/mol. The second-order valence-corrected chi connectivity index (χ2v) is 7.18. The minimum atomic E-state index is 0.924. The lowest BCUT2D eigenvalue weighted by Gasteiger charge is -2.42. The highest BCUT2D eigenvalue weighted by atomic mass is 15.1. The Morgan fingerprint density at radius 2 is 1.46 bits per heavy atom. The minimum absolute atomic E-state index is 0.924. The van der Waals surface area contributed by atoms with Crippen LogP contribution in [0, 0.1) is 11.8 Å². The number of rotatable bonds is 2. The summed E-state index contributed by atoms with van der Waals surface area (Å²) in [6.07, 6.45) is 5.30. The quantitative estimate of drug-likeness (QED) is 0.656. The van der Waals surface area contributed by atoms with Gasteiger partial charge < -0.3 is 0 Å². The molecule has 2 aromatic rings. The molecule has 0 spiro atoms. The number of piperidine rings is 1. The molecule has 2 unspecified atom stereocenters. The third-order valence-corrected chi connectivity index (χ3v) is 5.31. The lowest BCUT2D eigenvalue weighted by molar-refractivity contribution is 0.0958. The van der Waals surface area contributed by atoms with Crippen LogP contribution in [0.15, 0.2) is 78.9 Å². The van der Waals surface area contributed by atoms with E-state index >= 15 is 0 Å². The Labute approximate surface area is 147 Å². The van der Waals surface area contributed by atoms with Crippen LogP contribution in [-0.2, 0) is 6.54 Å². The summed E-state index contributed by atoms with van der Waals surface area (Å²) in [5.41, 5.74) is 2.95. The molecule has 0 N–H and O–H groups in total. The van der Waals surface area contributed by atoms with Gasteiger partial charge in [0.05, 0.1) is 0 Å². The Morgan fingerprint density at radius 3 is 2.12 bits per heavy atom. The molecule has 1 heteroatoms. The van der Waals surface area contributed by atoms with E-state index in [4.69, 9.17) is 0 Å². The van der Waals surface area contributed by atoms with Gasteiger partial charge >= 0.3 is 0 Å². The highest BCUT2D eigenvalue weighted by Crippen LogP contribution is 2.38. The van der Waals surface area contributed by atoms with Crippen LogP contribution in [0.3, 0.4) is 0 Å². The molecule has 0 amide bonds. The molecule has 4 rings (SSSR count). The Hall–Kier alpha value is -1.86. The maximum atomic E-state index is 4.18. The van der Waals surface area contributed by atoms with E-state index in [2.05, 4.69) is 41.8 Å². The first kappa shape index (κ1) is 17.0. The highest BCUT2D eigenvalue weighted by Gasteiger charge is 2.31. The second kappa shape index (κ2) is 8.84. The molecule has 2 atom stereocenters. The molecule has 1 nitrogen and oxygen atoms in total. The van der Waals surface area contributed by atoms with Crippen molar-refractivity contribution < 1.29 is 0 Å². The molecule has 0 radical (unpaired) electrons. The Kier molecular flexibility index (Phi) is 6.26. The minimum Gasteiger partial charge on any atom is -0.299 e. The Morgan fingerprint density at radius 1 is 0.833 bits per heavy atom. The van der Waals surface area contributed by atoms with Crippen LogP contribution in [0.5, 0.6) is 0 Å². The topological polar surface area (TPSA) is 3.24 Å². The predicted molar refractivity (Wildman–Crippen MR) is 103 cm³/mol. The van der Waals surface area contributed by atoms with Crippen molar-refractivity contribution in [3.63, 3.8) is 0 Å². The number of benzene rings is 2. The molecule has 24 heavy (non-hydrogen) atoms. The summed E-state index contributed by atoms with van der Waals surface area (Å²) in [7, 11) is 0. The monoisotopic (exact) mass is 319 g/mol. The van der Waals surface area contributed by atoms with Crippen LogP contribution in [0.1, 0.15) is 31.2 Å². The molecular weight excluding hydrogens is 290 g/mol. The van der Waals surface area contributed by atoms with Gasteiger partial charge in [-0.05, 0) is 49.6 Å². The Balaban J connectivity index is 0.000000238. The van der Waals surface area contributed by atoms with Gasteiger partial charge in [0.15, 0.2) is 0 Å². The predicted octanol–water partition coefficient (Wildman–Crippen LogP) is 5.55. The van der Waals surface area contributed by atoms with E-state index in [0.717, 1.165) is 18.4 Å². The third kappa shape index (κ3) is 5.07. The summed E-state index contributed by atoms with van der Waals surface area (Å²) >= 11 is 0. The van der Waals surface area contributed by atoms with Gasteiger partial charge in [-0.15, -0.1) is 0 Å². The first-order valence-electron chi connectivity index (χ1n) is 9.24. The first-order chi connectivity index (χ1) is 11.8. The van der Waals surface area contributed by atoms with E-state index in [1.807, 2.05) is 36.4 Å². The number of allylic oxidation sites excluding steroid dienone is 1. The molecule has 126 valence electrons. The number of hydrogen-bond acceptors (Lipinski definition) is 1. The lowest BCUT2D eigenvalue weighted by Crippen LogP contribution is -2.41. The summed E-state index contributed by atoms with van der Waals surface area (Å²) in [5.74, 6) is 1.85. The van der Waals surface area contributed by atoms with E-state index in [1.165, 1.54) is 49.9 Å². The van der Waals surface area contributed by atoms with Crippen LogP contribution in [0.25, 0.3) is 0 Å². The van der Waals surface area contributed by atoms with Crippen LogP contribution in [0.4, 0.5) is 0 Å². The summed E-state index contributed by atoms with van der Waals surface area (Å²) in [6.45, 7) is 7.87. The zero-order chi connectivity index (χ0) is 16.6. The van der Waals surface area contributed by atoms with Crippen molar-refractivity contribution in [2.24, 2.45) is 11.8 Å². The number of hydrogen-bond donors (Lipinski definition) is 0. The van der Waals surface area contributed by atoms with Crippen molar-refractivity contribution in [3.8, 4) is 0 Å².